The first-order valence-corrected chi connectivity index (χ1v) is 13.4. The van der Waals surface area contributed by atoms with Crippen molar-refractivity contribution in [2.45, 2.75) is 45.6 Å². The Bertz CT molecular complexity index is 1500. The summed E-state index contributed by atoms with van der Waals surface area (Å²) >= 11 is 0. The lowest BCUT2D eigenvalue weighted by Crippen LogP contribution is -2.29. The van der Waals surface area contributed by atoms with Crippen LogP contribution in [-0.4, -0.2) is 43.6 Å². The van der Waals surface area contributed by atoms with Gasteiger partial charge in [0.1, 0.15) is 17.3 Å². The van der Waals surface area contributed by atoms with Gasteiger partial charge < -0.3 is 19.3 Å². The number of methoxy groups -OCH3 is 2. The van der Waals surface area contributed by atoms with Crippen LogP contribution in [0.3, 0.4) is 0 Å². The van der Waals surface area contributed by atoms with Crippen molar-refractivity contribution in [1.82, 2.24) is 0 Å². The number of carbonyl (C=O) groups is 3. The van der Waals surface area contributed by atoms with Crippen molar-refractivity contribution in [3.63, 3.8) is 0 Å². The average molecular weight is 558 g/mol. The molecule has 0 saturated carbocycles. The van der Waals surface area contributed by atoms with E-state index >= 15 is 0 Å². The zero-order valence-corrected chi connectivity index (χ0v) is 24.2. The first kappa shape index (κ1) is 29.4. The third-order valence-corrected chi connectivity index (χ3v) is 7.01. The van der Waals surface area contributed by atoms with Crippen molar-refractivity contribution in [1.29, 1.82) is 0 Å². The monoisotopic (exact) mass is 557 g/mol. The number of aliphatic hydroxyl groups excluding tert-OH is 1. The van der Waals surface area contributed by atoms with Gasteiger partial charge in [0.05, 0.1) is 38.9 Å². The van der Waals surface area contributed by atoms with Crippen molar-refractivity contribution in [3.05, 3.63) is 94.6 Å². The molecule has 1 heterocycles. The second-order valence-electron chi connectivity index (χ2n) is 10.8. The van der Waals surface area contributed by atoms with Crippen molar-refractivity contribution in [2.75, 3.05) is 25.7 Å². The summed E-state index contributed by atoms with van der Waals surface area (Å²) in [6.45, 7) is 8.49. The fourth-order valence-electron chi connectivity index (χ4n) is 4.94. The largest absolute Gasteiger partial charge is 0.507 e. The van der Waals surface area contributed by atoms with Crippen molar-refractivity contribution in [2.24, 2.45) is 0 Å². The predicted molar refractivity (Wildman–Crippen MR) is 156 cm³/mol. The second kappa shape index (κ2) is 11.9. The van der Waals surface area contributed by atoms with Crippen molar-refractivity contribution >= 4 is 29.1 Å². The molecular weight excluding hydrogens is 522 g/mol. The Morgan fingerprint density at radius 3 is 2.29 bits per heavy atom. The number of ether oxygens (including phenoxy) is 3. The maximum atomic E-state index is 13.6. The minimum atomic E-state index is -0.929. The van der Waals surface area contributed by atoms with Gasteiger partial charge in [-0.3, -0.25) is 19.3 Å². The van der Waals surface area contributed by atoms with E-state index in [1.807, 2.05) is 27.7 Å². The van der Waals surface area contributed by atoms with E-state index < -0.39 is 17.7 Å². The van der Waals surface area contributed by atoms with Gasteiger partial charge in [0.15, 0.2) is 0 Å². The summed E-state index contributed by atoms with van der Waals surface area (Å²) in [6.07, 6.45) is 0.0722. The number of amides is 1. The number of anilines is 1. The predicted octanol–water partition coefficient (Wildman–Crippen LogP) is 5.73. The number of carbonyl (C=O) groups excluding carboxylic acids is 3. The normalized spacial score (nSPS) is 16.5. The topological polar surface area (TPSA) is 102 Å². The first-order valence-electron chi connectivity index (χ1n) is 13.4. The van der Waals surface area contributed by atoms with E-state index in [-0.39, 0.29) is 29.1 Å². The summed E-state index contributed by atoms with van der Waals surface area (Å²) in [7, 11) is 2.85. The molecule has 1 fully saturated rings. The smallest absolute Gasteiger partial charge is 0.309 e. The standard InChI is InChI=1S/C33H35NO7/c1-7-41-26-16-13-22(19-25(26)33(2,3)4)30(36)28-29(21-9-8-10-24(18-21)39-5)34(32(38)31(28)37)23-14-11-20(12-15-23)17-27(35)40-6/h8-16,18-19,29,36H,7,17H2,1-6H3/b30-28-. The van der Waals surface area contributed by atoms with Gasteiger partial charge in [-0.2, -0.15) is 0 Å². The quantitative estimate of drug-likeness (QED) is 0.163. The van der Waals surface area contributed by atoms with Gasteiger partial charge in [-0.15, -0.1) is 0 Å². The number of nitrogens with zero attached hydrogens (tertiary/aromatic N) is 1. The highest BCUT2D eigenvalue weighted by atomic mass is 16.5. The molecule has 0 bridgehead atoms. The van der Waals surface area contributed by atoms with Gasteiger partial charge in [0.2, 0.25) is 0 Å². The zero-order chi connectivity index (χ0) is 29.9. The van der Waals surface area contributed by atoms with Crippen LogP contribution < -0.4 is 14.4 Å². The van der Waals surface area contributed by atoms with Gasteiger partial charge in [0.25, 0.3) is 11.7 Å². The van der Waals surface area contributed by atoms with E-state index in [4.69, 9.17) is 14.2 Å². The van der Waals surface area contributed by atoms with Crippen molar-refractivity contribution < 1.29 is 33.7 Å². The van der Waals surface area contributed by atoms with Crippen LogP contribution in [0.25, 0.3) is 5.76 Å². The number of hydrogen-bond acceptors (Lipinski definition) is 7. The van der Waals surface area contributed by atoms with Crippen LogP contribution in [0.1, 0.15) is 56.0 Å². The maximum absolute atomic E-state index is 13.6. The Kier molecular flexibility index (Phi) is 8.52. The molecule has 1 N–H and O–H groups in total. The van der Waals surface area contributed by atoms with E-state index in [0.29, 0.717) is 40.5 Å². The maximum Gasteiger partial charge on any atom is 0.309 e. The van der Waals surface area contributed by atoms with Gasteiger partial charge in [-0.25, -0.2) is 0 Å². The molecule has 3 aromatic carbocycles. The molecule has 8 nitrogen and oxygen atoms in total. The summed E-state index contributed by atoms with van der Waals surface area (Å²) in [5.41, 5.74) is 2.63. The minimum Gasteiger partial charge on any atom is -0.507 e. The summed E-state index contributed by atoms with van der Waals surface area (Å²) in [6, 6.07) is 18.1. The number of benzene rings is 3. The van der Waals surface area contributed by atoms with Crippen LogP contribution in [-0.2, 0) is 31.0 Å². The summed E-state index contributed by atoms with van der Waals surface area (Å²) in [5.74, 6) is -1.03. The number of aliphatic hydroxyl groups is 1. The van der Waals surface area contributed by atoms with Crippen LogP contribution in [0.4, 0.5) is 5.69 Å². The molecule has 41 heavy (non-hydrogen) atoms. The Hall–Kier alpha value is -4.59. The molecule has 214 valence electrons. The van der Waals surface area contributed by atoms with E-state index in [0.717, 1.165) is 5.56 Å². The highest BCUT2D eigenvalue weighted by Gasteiger charge is 2.47. The minimum absolute atomic E-state index is 0.0362. The van der Waals surface area contributed by atoms with Gasteiger partial charge in [-0.1, -0.05) is 45.0 Å². The summed E-state index contributed by atoms with van der Waals surface area (Å²) < 4.78 is 16.0. The number of rotatable bonds is 8. The van der Waals surface area contributed by atoms with Crippen molar-refractivity contribution in [3.8, 4) is 11.5 Å². The average Bonchev–Trinajstić information content (AvgIpc) is 3.22. The molecule has 0 spiro atoms. The molecule has 1 atom stereocenters. The SMILES string of the molecule is CCOc1ccc(/C(O)=C2/C(=O)C(=O)N(c3ccc(CC(=O)OC)cc3)C2c2cccc(OC)c2)cc1C(C)(C)C. The Labute approximate surface area is 240 Å². The number of hydrogen-bond donors (Lipinski definition) is 1. The molecule has 0 radical (unpaired) electrons. The molecule has 1 saturated heterocycles. The lowest BCUT2D eigenvalue weighted by Gasteiger charge is -2.26. The van der Waals surface area contributed by atoms with E-state index in [9.17, 15) is 19.5 Å². The Morgan fingerprint density at radius 1 is 0.976 bits per heavy atom. The third kappa shape index (κ3) is 5.96. The number of Topliss-reactive ketones (excluding diaryl/α,β-unsaturated/α-hetero) is 1. The molecule has 4 rings (SSSR count). The fraction of sp³-hybridized carbons (Fsp3) is 0.303. The molecule has 0 aromatic heterocycles. The summed E-state index contributed by atoms with van der Waals surface area (Å²) in [5, 5.41) is 11.7. The second-order valence-corrected chi connectivity index (χ2v) is 10.8. The van der Waals surface area contributed by atoms with E-state index in [2.05, 4.69) is 0 Å². The lowest BCUT2D eigenvalue weighted by atomic mass is 9.84. The van der Waals surface area contributed by atoms with Crippen LogP contribution >= 0.6 is 0 Å². The van der Waals surface area contributed by atoms with Gasteiger partial charge in [-0.05, 0) is 65.9 Å². The molecule has 8 heteroatoms. The fourth-order valence-corrected chi connectivity index (χ4v) is 4.94. The zero-order valence-electron chi connectivity index (χ0n) is 24.2. The van der Waals surface area contributed by atoms with Crippen LogP contribution in [0, 0.1) is 0 Å². The van der Waals surface area contributed by atoms with Gasteiger partial charge in [0, 0.05) is 16.8 Å². The molecule has 1 amide bonds. The van der Waals surface area contributed by atoms with Gasteiger partial charge >= 0.3 is 5.97 Å². The highest BCUT2D eigenvalue weighted by Crippen LogP contribution is 2.44. The van der Waals surface area contributed by atoms with Crippen LogP contribution in [0.15, 0.2) is 72.3 Å². The molecule has 1 aliphatic heterocycles. The summed E-state index contributed by atoms with van der Waals surface area (Å²) in [4.78, 5) is 40.3. The first-order chi connectivity index (χ1) is 19.5. The molecule has 1 aliphatic rings. The highest BCUT2D eigenvalue weighted by molar-refractivity contribution is 6.51. The molecule has 3 aromatic rings. The number of ketones is 1. The molecule has 1 unspecified atom stereocenters. The van der Waals surface area contributed by atoms with Crippen LogP contribution in [0.2, 0.25) is 0 Å². The Balaban J connectivity index is 1.90. The lowest BCUT2D eigenvalue weighted by molar-refractivity contribution is -0.139. The van der Waals surface area contributed by atoms with E-state index in [1.54, 1.807) is 66.7 Å². The molecule has 0 aliphatic carbocycles. The number of esters is 1. The van der Waals surface area contributed by atoms with E-state index in [1.165, 1.54) is 19.1 Å². The molecular formula is C33H35NO7. The third-order valence-electron chi connectivity index (χ3n) is 7.01. The Morgan fingerprint density at radius 2 is 1.68 bits per heavy atom. The van der Waals surface area contributed by atoms with Crippen LogP contribution in [0.5, 0.6) is 11.5 Å².